The van der Waals surface area contributed by atoms with Gasteiger partial charge in [-0.3, -0.25) is 4.90 Å². The maximum Gasteiger partial charge on any atom is 0.0588 e. The highest BCUT2D eigenvalue weighted by atomic mass is 16.5. The van der Waals surface area contributed by atoms with Crippen molar-refractivity contribution >= 4 is 0 Å². The highest BCUT2D eigenvalue weighted by Gasteiger charge is 2.37. The normalized spacial score (nSPS) is 36.8. The Labute approximate surface area is 125 Å². The van der Waals surface area contributed by atoms with Crippen molar-refractivity contribution in [3.05, 3.63) is 0 Å². The largest absolute Gasteiger partial charge is 0.378 e. The van der Waals surface area contributed by atoms with E-state index >= 15 is 0 Å². The summed E-state index contributed by atoms with van der Waals surface area (Å²) in [4.78, 5) is 2.74. The third kappa shape index (κ3) is 3.75. The standard InChI is InChI=1S/C17H34N2O/c1-12(2)15-9-18-16(17(4,5)6)11-19(15)10-14-7-8-20-13(14)3/h12-16,18H,7-11H2,1-6H3. The number of nitrogens with one attached hydrogen (secondary N) is 1. The van der Waals surface area contributed by atoms with Crippen LogP contribution < -0.4 is 5.32 Å². The highest BCUT2D eigenvalue weighted by Crippen LogP contribution is 2.28. The lowest BCUT2D eigenvalue weighted by atomic mass is 9.83. The minimum atomic E-state index is 0.331. The predicted octanol–water partition coefficient (Wildman–Crippen LogP) is 2.76. The van der Waals surface area contributed by atoms with Crippen LogP contribution in [0.3, 0.4) is 0 Å². The lowest BCUT2D eigenvalue weighted by Crippen LogP contribution is -2.62. The zero-order valence-electron chi connectivity index (χ0n) is 14.3. The zero-order valence-corrected chi connectivity index (χ0v) is 14.3. The summed E-state index contributed by atoms with van der Waals surface area (Å²) < 4.78 is 5.75. The van der Waals surface area contributed by atoms with Gasteiger partial charge in [-0.2, -0.15) is 0 Å². The fourth-order valence-corrected chi connectivity index (χ4v) is 3.59. The number of hydrogen-bond donors (Lipinski definition) is 1. The minimum absolute atomic E-state index is 0.331. The Kier molecular flexibility index (Phi) is 5.14. The summed E-state index contributed by atoms with van der Waals surface area (Å²) in [5.41, 5.74) is 0.331. The first-order valence-corrected chi connectivity index (χ1v) is 8.38. The molecule has 1 N–H and O–H groups in total. The van der Waals surface area contributed by atoms with Gasteiger partial charge in [0.1, 0.15) is 0 Å². The average Bonchev–Trinajstić information content (AvgIpc) is 2.73. The monoisotopic (exact) mass is 282 g/mol. The van der Waals surface area contributed by atoms with Crippen LogP contribution in [-0.4, -0.2) is 49.3 Å². The molecule has 0 spiro atoms. The third-order valence-corrected chi connectivity index (χ3v) is 5.28. The van der Waals surface area contributed by atoms with E-state index in [9.17, 15) is 0 Å². The van der Waals surface area contributed by atoms with Crippen molar-refractivity contribution in [2.45, 2.75) is 66.2 Å². The summed E-state index contributed by atoms with van der Waals surface area (Å²) in [5.74, 6) is 1.43. The Morgan fingerprint density at radius 1 is 1.30 bits per heavy atom. The van der Waals surface area contributed by atoms with E-state index in [1.54, 1.807) is 0 Å². The molecule has 118 valence electrons. The summed E-state index contributed by atoms with van der Waals surface area (Å²) >= 11 is 0. The summed E-state index contributed by atoms with van der Waals surface area (Å²) in [6.07, 6.45) is 1.67. The van der Waals surface area contributed by atoms with Crippen LogP contribution in [0.1, 0.15) is 48.0 Å². The van der Waals surface area contributed by atoms with Gasteiger partial charge in [-0.1, -0.05) is 34.6 Å². The van der Waals surface area contributed by atoms with E-state index in [1.165, 1.54) is 19.5 Å². The van der Waals surface area contributed by atoms with Crippen LogP contribution in [-0.2, 0) is 4.74 Å². The van der Waals surface area contributed by atoms with Crippen molar-refractivity contribution in [2.24, 2.45) is 17.3 Å². The van der Waals surface area contributed by atoms with E-state index in [0.717, 1.165) is 19.1 Å². The van der Waals surface area contributed by atoms with E-state index in [1.807, 2.05) is 0 Å². The van der Waals surface area contributed by atoms with E-state index in [4.69, 9.17) is 4.74 Å². The Balaban J connectivity index is 2.03. The molecule has 0 aromatic carbocycles. The topological polar surface area (TPSA) is 24.5 Å². The molecule has 2 aliphatic heterocycles. The number of hydrogen-bond acceptors (Lipinski definition) is 3. The van der Waals surface area contributed by atoms with Crippen LogP contribution >= 0.6 is 0 Å². The average molecular weight is 282 g/mol. The second kappa shape index (κ2) is 6.33. The molecule has 2 fully saturated rings. The fourth-order valence-electron chi connectivity index (χ4n) is 3.59. The highest BCUT2D eigenvalue weighted by molar-refractivity contribution is 4.94. The van der Waals surface area contributed by atoms with Gasteiger partial charge in [0.25, 0.3) is 0 Å². The second-order valence-corrected chi connectivity index (χ2v) is 8.22. The first-order valence-electron chi connectivity index (χ1n) is 8.38. The van der Waals surface area contributed by atoms with Gasteiger partial charge in [0.2, 0.25) is 0 Å². The molecule has 0 bridgehead atoms. The molecule has 3 nitrogen and oxygen atoms in total. The summed E-state index contributed by atoms with van der Waals surface area (Å²) in [6.45, 7) is 18.4. The molecule has 2 saturated heterocycles. The van der Waals surface area contributed by atoms with Crippen LogP contribution in [0.4, 0.5) is 0 Å². The van der Waals surface area contributed by atoms with Gasteiger partial charge in [-0.15, -0.1) is 0 Å². The number of piperazine rings is 1. The molecule has 0 aliphatic carbocycles. The van der Waals surface area contributed by atoms with E-state index < -0.39 is 0 Å². The van der Waals surface area contributed by atoms with Gasteiger partial charge in [0.05, 0.1) is 6.10 Å². The van der Waals surface area contributed by atoms with Gasteiger partial charge < -0.3 is 10.1 Å². The summed E-state index contributed by atoms with van der Waals surface area (Å²) in [5, 5.41) is 3.78. The quantitative estimate of drug-likeness (QED) is 0.861. The molecule has 2 rings (SSSR count). The second-order valence-electron chi connectivity index (χ2n) is 8.22. The van der Waals surface area contributed by atoms with E-state index in [0.29, 0.717) is 29.5 Å². The first-order chi connectivity index (χ1) is 9.29. The van der Waals surface area contributed by atoms with E-state index in [-0.39, 0.29) is 0 Å². The zero-order chi connectivity index (χ0) is 14.9. The van der Waals surface area contributed by atoms with Gasteiger partial charge in [-0.05, 0) is 30.6 Å². The number of rotatable bonds is 3. The lowest BCUT2D eigenvalue weighted by molar-refractivity contribution is 0.0346. The molecule has 0 aromatic heterocycles. The Morgan fingerprint density at radius 3 is 2.50 bits per heavy atom. The van der Waals surface area contributed by atoms with Gasteiger partial charge in [0.15, 0.2) is 0 Å². The molecule has 2 aliphatic rings. The van der Waals surface area contributed by atoms with Crippen LogP contribution in [0.25, 0.3) is 0 Å². The molecule has 3 heteroatoms. The smallest absolute Gasteiger partial charge is 0.0588 e. The third-order valence-electron chi connectivity index (χ3n) is 5.28. The van der Waals surface area contributed by atoms with Crippen LogP contribution in [0.5, 0.6) is 0 Å². The van der Waals surface area contributed by atoms with Gasteiger partial charge >= 0.3 is 0 Å². The molecule has 0 radical (unpaired) electrons. The Hall–Kier alpha value is -0.120. The van der Waals surface area contributed by atoms with Gasteiger partial charge in [0, 0.05) is 38.3 Å². The molecule has 20 heavy (non-hydrogen) atoms. The first kappa shape index (κ1) is 16.3. The number of ether oxygens (including phenoxy) is 1. The summed E-state index contributed by atoms with van der Waals surface area (Å²) in [6, 6.07) is 1.26. The minimum Gasteiger partial charge on any atom is -0.378 e. The molecule has 0 saturated carbocycles. The van der Waals surface area contributed by atoms with Crippen LogP contribution in [0.2, 0.25) is 0 Å². The van der Waals surface area contributed by atoms with Crippen molar-refractivity contribution in [3.8, 4) is 0 Å². The number of nitrogens with zero attached hydrogens (tertiary/aromatic N) is 1. The SMILES string of the molecule is CC(C)C1CNC(C(C)(C)C)CN1CC1CCOC1C. The van der Waals surface area contributed by atoms with Crippen molar-refractivity contribution in [3.63, 3.8) is 0 Å². The van der Waals surface area contributed by atoms with Crippen molar-refractivity contribution in [1.82, 2.24) is 10.2 Å². The molecule has 4 unspecified atom stereocenters. The van der Waals surface area contributed by atoms with Gasteiger partial charge in [-0.25, -0.2) is 0 Å². The summed E-state index contributed by atoms with van der Waals surface area (Å²) in [7, 11) is 0. The maximum atomic E-state index is 5.75. The van der Waals surface area contributed by atoms with Crippen molar-refractivity contribution in [1.29, 1.82) is 0 Å². The molecular formula is C17H34N2O. The Bertz CT molecular complexity index is 309. The maximum absolute atomic E-state index is 5.75. The Morgan fingerprint density at radius 2 is 2.00 bits per heavy atom. The molecule has 0 amide bonds. The van der Waals surface area contributed by atoms with E-state index in [2.05, 4.69) is 51.8 Å². The molecule has 0 aromatic rings. The predicted molar refractivity (Wildman–Crippen MR) is 85.0 cm³/mol. The van der Waals surface area contributed by atoms with Crippen LogP contribution in [0.15, 0.2) is 0 Å². The lowest BCUT2D eigenvalue weighted by Gasteiger charge is -2.47. The van der Waals surface area contributed by atoms with Crippen molar-refractivity contribution in [2.75, 3.05) is 26.2 Å². The molecule has 2 heterocycles. The van der Waals surface area contributed by atoms with Crippen LogP contribution in [0, 0.1) is 17.3 Å². The fraction of sp³-hybridized carbons (Fsp3) is 1.00. The van der Waals surface area contributed by atoms with Crippen molar-refractivity contribution < 1.29 is 4.74 Å². The molecular weight excluding hydrogens is 248 g/mol. The molecule has 4 atom stereocenters.